The second-order valence-electron chi connectivity index (χ2n) is 8.40. The molecule has 1 fully saturated rings. The number of hydrazone groups is 1. The Morgan fingerprint density at radius 3 is 2.48 bits per heavy atom. The summed E-state index contributed by atoms with van der Waals surface area (Å²) in [4.78, 5) is 19.2. The molecule has 0 radical (unpaired) electrons. The van der Waals surface area contributed by atoms with Crippen LogP contribution < -0.4 is 0 Å². The van der Waals surface area contributed by atoms with Crippen molar-refractivity contribution in [1.29, 1.82) is 5.41 Å². The summed E-state index contributed by atoms with van der Waals surface area (Å²) in [5, 5.41) is 15.9. The van der Waals surface area contributed by atoms with E-state index in [2.05, 4.69) is 64.6 Å². The SMILES string of the molecule is Cc1cccc(C)c1-n1c(C)cc(/C=C2\C(=N)N3N=C(N4CCOCC4)SC3=NC2=O)c1C. The fourth-order valence-electron chi connectivity index (χ4n) is 4.46. The first-order chi connectivity index (χ1) is 15.8. The molecule has 3 aliphatic rings. The summed E-state index contributed by atoms with van der Waals surface area (Å²) in [6, 6.07) is 8.31. The number of nitrogens with one attached hydrogen (secondary N) is 1. The lowest BCUT2D eigenvalue weighted by molar-refractivity contribution is -0.114. The lowest BCUT2D eigenvalue weighted by Crippen LogP contribution is -2.39. The minimum atomic E-state index is -0.408. The highest BCUT2D eigenvalue weighted by atomic mass is 32.2. The number of aromatic nitrogens is 1. The minimum absolute atomic E-state index is 0.0534. The number of nitrogens with zero attached hydrogens (tertiary/aromatic N) is 5. The molecule has 1 saturated heterocycles. The maximum Gasteiger partial charge on any atom is 0.283 e. The van der Waals surface area contributed by atoms with Gasteiger partial charge in [-0.1, -0.05) is 18.2 Å². The molecule has 1 aromatic heterocycles. The van der Waals surface area contributed by atoms with E-state index >= 15 is 0 Å². The molecule has 0 spiro atoms. The normalized spacial score (nSPS) is 19.8. The van der Waals surface area contributed by atoms with Crippen molar-refractivity contribution in [2.45, 2.75) is 27.7 Å². The molecule has 0 aliphatic carbocycles. The number of carbonyl (C=O) groups excluding carboxylic acids is 1. The van der Waals surface area contributed by atoms with Crippen molar-refractivity contribution in [2.24, 2.45) is 10.1 Å². The summed E-state index contributed by atoms with van der Waals surface area (Å²) in [5.74, 6) is -0.355. The standard InChI is InChI=1S/C24H26N6O2S/c1-14-6-5-7-15(2)20(14)29-16(3)12-18(17(29)4)13-19-21(25)30-23(26-22(19)31)33-24(27-30)28-8-10-32-11-9-28/h5-7,12-13,25H,8-11H2,1-4H3/b19-13+,25-21?. The fourth-order valence-corrected chi connectivity index (χ4v) is 5.40. The molecule has 0 bridgehead atoms. The average molecular weight is 463 g/mol. The number of para-hydroxylation sites is 1. The summed E-state index contributed by atoms with van der Waals surface area (Å²) in [6.45, 7) is 11.1. The van der Waals surface area contributed by atoms with Crippen LogP contribution in [0.5, 0.6) is 0 Å². The highest BCUT2D eigenvalue weighted by molar-refractivity contribution is 8.26. The number of aryl methyl sites for hydroxylation is 3. The van der Waals surface area contributed by atoms with Crippen LogP contribution in [0.1, 0.15) is 28.1 Å². The number of aliphatic imine (C=N–C) groups is 1. The molecular formula is C24H26N6O2S. The average Bonchev–Trinajstić information content (AvgIpc) is 3.33. The summed E-state index contributed by atoms with van der Waals surface area (Å²) in [6.07, 6.45) is 1.77. The Labute approximate surface area is 197 Å². The van der Waals surface area contributed by atoms with Crippen molar-refractivity contribution in [3.05, 3.63) is 57.9 Å². The van der Waals surface area contributed by atoms with Crippen molar-refractivity contribution in [2.75, 3.05) is 26.3 Å². The van der Waals surface area contributed by atoms with E-state index in [1.165, 1.54) is 27.9 Å². The third-order valence-electron chi connectivity index (χ3n) is 6.16. The number of amides is 1. The largest absolute Gasteiger partial charge is 0.378 e. The number of morpholine rings is 1. The van der Waals surface area contributed by atoms with E-state index in [9.17, 15) is 4.79 Å². The molecule has 0 unspecified atom stereocenters. The van der Waals surface area contributed by atoms with Gasteiger partial charge in [-0.3, -0.25) is 10.2 Å². The van der Waals surface area contributed by atoms with Gasteiger partial charge in [0.15, 0.2) is 11.0 Å². The van der Waals surface area contributed by atoms with Crippen LogP contribution in [-0.4, -0.2) is 62.9 Å². The van der Waals surface area contributed by atoms with Crippen LogP contribution in [0.15, 0.2) is 39.9 Å². The molecule has 33 heavy (non-hydrogen) atoms. The molecule has 1 aromatic carbocycles. The summed E-state index contributed by atoms with van der Waals surface area (Å²) in [7, 11) is 0. The molecule has 4 heterocycles. The first kappa shape index (κ1) is 21.7. The first-order valence-electron chi connectivity index (χ1n) is 10.9. The lowest BCUT2D eigenvalue weighted by Gasteiger charge is -2.26. The second-order valence-corrected chi connectivity index (χ2v) is 9.34. The topological polar surface area (TPSA) is 86.3 Å². The molecule has 1 N–H and O–H groups in total. The molecular weight excluding hydrogens is 436 g/mol. The van der Waals surface area contributed by atoms with E-state index < -0.39 is 5.91 Å². The van der Waals surface area contributed by atoms with Crippen molar-refractivity contribution in [3.8, 4) is 5.69 Å². The number of rotatable bonds is 2. The second kappa shape index (κ2) is 8.31. The van der Waals surface area contributed by atoms with Crippen LogP contribution in [0.3, 0.4) is 0 Å². The van der Waals surface area contributed by atoms with Gasteiger partial charge in [-0.15, -0.1) is 5.10 Å². The van der Waals surface area contributed by atoms with Gasteiger partial charge in [0.1, 0.15) is 0 Å². The van der Waals surface area contributed by atoms with Crippen LogP contribution >= 0.6 is 11.8 Å². The van der Waals surface area contributed by atoms with E-state index in [1.807, 2.05) is 6.92 Å². The summed E-state index contributed by atoms with van der Waals surface area (Å²) < 4.78 is 7.62. The number of ether oxygens (including phenoxy) is 1. The van der Waals surface area contributed by atoms with Crippen molar-refractivity contribution < 1.29 is 9.53 Å². The minimum Gasteiger partial charge on any atom is -0.378 e. The van der Waals surface area contributed by atoms with Gasteiger partial charge in [-0.05, 0) is 68.3 Å². The monoisotopic (exact) mass is 462 g/mol. The highest BCUT2D eigenvalue weighted by Gasteiger charge is 2.37. The van der Waals surface area contributed by atoms with Crippen molar-refractivity contribution in [3.63, 3.8) is 0 Å². The number of benzene rings is 1. The molecule has 3 aliphatic heterocycles. The predicted molar refractivity (Wildman–Crippen MR) is 132 cm³/mol. The molecule has 2 aromatic rings. The molecule has 170 valence electrons. The number of carbonyl (C=O) groups is 1. The van der Waals surface area contributed by atoms with Gasteiger partial charge in [0, 0.05) is 24.5 Å². The number of amidine groups is 3. The van der Waals surface area contributed by atoms with Gasteiger partial charge in [0.25, 0.3) is 5.91 Å². The Hall–Kier alpha value is -3.17. The lowest BCUT2D eigenvalue weighted by atomic mass is 10.1. The Balaban J connectivity index is 1.50. The van der Waals surface area contributed by atoms with Crippen LogP contribution in [-0.2, 0) is 9.53 Å². The van der Waals surface area contributed by atoms with E-state index in [-0.39, 0.29) is 11.4 Å². The molecule has 5 rings (SSSR count). The Morgan fingerprint density at radius 1 is 1.09 bits per heavy atom. The smallest absolute Gasteiger partial charge is 0.283 e. The molecule has 1 amide bonds. The van der Waals surface area contributed by atoms with E-state index in [0.717, 1.165) is 40.9 Å². The maximum atomic E-state index is 12.9. The molecule has 0 saturated carbocycles. The number of fused-ring (bicyclic) bond motifs is 1. The third-order valence-corrected chi connectivity index (χ3v) is 7.13. The van der Waals surface area contributed by atoms with Crippen LogP contribution in [0, 0.1) is 33.1 Å². The molecule has 8 nitrogen and oxygen atoms in total. The van der Waals surface area contributed by atoms with E-state index in [1.54, 1.807) is 6.08 Å². The Kier molecular flexibility index (Phi) is 5.46. The predicted octanol–water partition coefficient (Wildman–Crippen LogP) is 3.62. The van der Waals surface area contributed by atoms with Gasteiger partial charge in [-0.2, -0.15) is 10.0 Å². The van der Waals surface area contributed by atoms with Crippen LogP contribution in [0.4, 0.5) is 0 Å². The van der Waals surface area contributed by atoms with Gasteiger partial charge in [0.2, 0.25) is 5.17 Å². The summed E-state index contributed by atoms with van der Waals surface area (Å²) in [5.41, 5.74) is 6.75. The third kappa shape index (κ3) is 3.71. The zero-order valence-corrected chi connectivity index (χ0v) is 20.0. The van der Waals surface area contributed by atoms with Gasteiger partial charge < -0.3 is 14.2 Å². The van der Waals surface area contributed by atoms with E-state index in [0.29, 0.717) is 18.4 Å². The van der Waals surface area contributed by atoms with Gasteiger partial charge in [-0.25, -0.2) is 0 Å². The quantitative estimate of drug-likeness (QED) is 0.689. The molecule has 0 atom stereocenters. The number of hydrogen-bond donors (Lipinski definition) is 1. The number of hydrogen-bond acceptors (Lipinski definition) is 6. The Morgan fingerprint density at radius 2 is 1.79 bits per heavy atom. The molecule has 9 heteroatoms. The Bertz CT molecular complexity index is 1250. The summed E-state index contributed by atoms with van der Waals surface area (Å²) >= 11 is 1.33. The zero-order chi connectivity index (χ0) is 23.3. The van der Waals surface area contributed by atoms with Crippen molar-refractivity contribution in [1.82, 2.24) is 14.5 Å². The number of thioether (sulfide) groups is 1. The fraction of sp³-hybridized carbons (Fsp3) is 0.333. The maximum absolute atomic E-state index is 12.9. The van der Waals surface area contributed by atoms with Crippen molar-refractivity contribution >= 4 is 39.9 Å². The van der Waals surface area contributed by atoms with Crippen LogP contribution in [0.25, 0.3) is 11.8 Å². The zero-order valence-electron chi connectivity index (χ0n) is 19.2. The van der Waals surface area contributed by atoms with Crippen LogP contribution in [0.2, 0.25) is 0 Å². The first-order valence-corrected chi connectivity index (χ1v) is 11.7. The van der Waals surface area contributed by atoms with E-state index in [4.69, 9.17) is 10.1 Å². The van der Waals surface area contributed by atoms with Gasteiger partial charge >= 0.3 is 0 Å². The highest BCUT2D eigenvalue weighted by Crippen LogP contribution is 2.32. The van der Waals surface area contributed by atoms with Gasteiger partial charge in [0.05, 0.1) is 24.5 Å².